The van der Waals surface area contributed by atoms with Gasteiger partial charge in [-0.05, 0) is 19.9 Å². The molecule has 0 spiro atoms. The number of rotatable bonds is 2. The molecule has 1 aliphatic rings. The van der Waals surface area contributed by atoms with Crippen molar-refractivity contribution >= 4 is 17.4 Å². The molecule has 120 valence electrons. The Morgan fingerprint density at radius 3 is 2.27 bits per heavy atom. The third kappa shape index (κ3) is 3.45. The van der Waals surface area contributed by atoms with E-state index in [2.05, 4.69) is 11.1 Å². The first-order chi connectivity index (χ1) is 10.1. The number of anilines is 1. The summed E-state index contributed by atoms with van der Waals surface area (Å²) in [5.41, 5.74) is -1.42. The van der Waals surface area contributed by atoms with Crippen molar-refractivity contribution < 1.29 is 13.2 Å². The fraction of sp³-hybridized carbons (Fsp3) is 0.571. The molecule has 0 unspecified atom stereocenters. The van der Waals surface area contributed by atoms with Crippen LogP contribution in [0.5, 0.6) is 0 Å². The first kappa shape index (κ1) is 16.8. The lowest BCUT2D eigenvalue weighted by atomic mass is 10.0. The normalized spacial score (nSPS) is 17.4. The summed E-state index contributed by atoms with van der Waals surface area (Å²) in [6, 6.07) is 3.14. The van der Waals surface area contributed by atoms with E-state index in [0.29, 0.717) is 32.0 Å². The van der Waals surface area contributed by atoms with Gasteiger partial charge in [-0.3, -0.25) is 4.90 Å². The van der Waals surface area contributed by atoms with E-state index in [9.17, 15) is 13.2 Å². The van der Waals surface area contributed by atoms with Gasteiger partial charge in [0.15, 0.2) is 0 Å². The largest absolute Gasteiger partial charge is 0.417 e. The van der Waals surface area contributed by atoms with Crippen LogP contribution in [0.1, 0.15) is 19.4 Å². The number of alkyl halides is 3. The third-order valence-electron chi connectivity index (χ3n) is 3.79. The average Bonchev–Trinajstić information content (AvgIpc) is 2.46. The zero-order valence-electron chi connectivity index (χ0n) is 12.3. The molecule has 22 heavy (non-hydrogen) atoms. The molecule has 2 rings (SSSR count). The minimum absolute atomic E-state index is 0.0113. The van der Waals surface area contributed by atoms with Crippen LogP contribution in [0.15, 0.2) is 12.3 Å². The highest BCUT2D eigenvalue weighted by atomic mass is 35.5. The molecule has 1 aliphatic heterocycles. The van der Waals surface area contributed by atoms with Crippen molar-refractivity contribution in [1.29, 1.82) is 5.26 Å². The number of pyridine rings is 1. The Morgan fingerprint density at radius 1 is 1.23 bits per heavy atom. The molecular formula is C14H16ClF3N4. The van der Waals surface area contributed by atoms with E-state index in [1.54, 1.807) is 0 Å². The highest BCUT2D eigenvalue weighted by Gasteiger charge is 2.33. The van der Waals surface area contributed by atoms with Crippen LogP contribution in [0, 0.1) is 11.3 Å². The van der Waals surface area contributed by atoms with E-state index < -0.39 is 17.3 Å². The fourth-order valence-electron chi connectivity index (χ4n) is 2.37. The molecular weight excluding hydrogens is 317 g/mol. The van der Waals surface area contributed by atoms with Gasteiger partial charge >= 0.3 is 6.18 Å². The smallest absolute Gasteiger partial charge is 0.353 e. The second-order valence-electron chi connectivity index (χ2n) is 5.67. The van der Waals surface area contributed by atoms with Crippen LogP contribution >= 0.6 is 11.6 Å². The van der Waals surface area contributed by atoms with Crippen molar-refractivity contribution in [3.8, 4) is 6.07 Å². The van der Waals surface area contributed by atoms with Crippen LogP contribution in [0.25, 0.3) is 0 Å². The summed E-state index contributed by atoms with van der Waals surface area (Å²) < 4.78 is 37.8. The van der Waals surface area contributed by atoms with E-state index >= 15 is 0 Å². The Balaban J connectivity index is 2.11. The van der Waals surface area contributed by atoms with E-state index in [4.69, 9.17) is 16.9 Å². The molecule has 4 nitrogen and oxygen atoms in total. The maximum absolute atomic E-state index is 12.6. The van der Waals surface area contributed by atoms with Gasteiger partial charge in [-0.15, -0.1) is 0 Å². The number of hydrogen-bond donors (Lipinski definition) is 0. The van der Waals surface area contributed by atoms with Gasteiger partial charge in [-0.1, -0.05) is 11.6 Å². The van der Waals surface area contributed by atoms with Crippen molar-refractivity contribution in [1.82, 2.24) is 9.88 Å². The molecule has 0 radical (unpaired) electrons. The fourth-order valence-corrected chi connectivity index (χ4v) is 2.65. The van der Waals surface area contributed by atoms with Crippen LogP contribution in [-0.4, -0.2) is 41.6 Å². The number of nitriles is 1. The molecule has 1 aromatic rings. The summed E-state index contributed by atoms with van der Waals surface area (Å²) in [7, 11) is 0. The Labute approximate surface area is 132 Å². The number of piperazine rings is 1. The lowest BCUT2D eigenvalue weighted by molar-refractivity contribution is -0.137. The van der Waals surface area contributed by atoms with Crippen molar-refractivity contribution in [2.45, 2.75) is 25.6 Å². The Bertz CT molecular complexity index is 587. The SMILES string of the molecule is CC(C)(C#N)N1CCN(c2ncc(C(F)(F)F)cc2Cl)CC1. The van der Waals surface area contributed by atoms with E-state index in [1.165, 1.54) is 0 Å². The van der Waals surface area contributed by atoms with Crippen LogP contribution in [0.4, 0.5) is 19.0 Å². The van der Waals surface area contributed by atoms with Gasteiger partial charge in [0.2, 0.25) is 0 Å². The van der Waals surface area contributed by atoms with Gasteiger partial charge < -0.3 is 4.90 Å². The average molecular weight is 333 g/mol. The molecule has 8 heteroatoms. The molecule has 0 aromatic carbocycles. The molecule has 0 N–H and O–H groups in total. The van der Waals surface area contributed by atoms with Crippen molar-refractivity contribution in [2.75, 3.05) is 31.1 Å². The Kier molecular flexibility index (Phi) is 4.54. The van der Waals surface area contributed by atoms with Crippen LogP contribution in [-0.2, 0) is 6.18 Å². The molecule has 2 heterocycles. The second kappa shape index (κ2) is 5.94. The predicted octanol–water partition coefficient (Wildman–Crippen LogP) is 3.18. The molecule has 0 aliphatic carbocycles. The topological polar surface area (TPSA) is 43.2 Å². The van der Waals surface area contributed by atoms with Crippen molar-refractivity contribution in [3.05, 3.63) is 22.8 Å². The standard InChI is InChI=1S/C14H16ClF3N4/c1-13(2,9-19)22-5-3-21(4-6-22)12-11(15)7-10(8-20-12)14(16,17)18/h7-8H,3-6H2,1-2H3. The highest BCUT2D eigenvalue weighted by molar-refractivity contribution is 6.33. The number of halogens is 4. The minimum atomic E-state index is -4.45. The molecule has 1 saturated heterocycles. The lowest BCUT2D eigenvalue weighted by Gasteiger charge is -2.41. The minimum Gasteiger partial charge on any atom is -0.353 e. The van der Waals surface area contributed by atoms with Crippen LogP contribution < -0.4 is 4.90 Å². The molecule has 0 atom stereocenters. The molecule has 0 bridgehead atoms. The summed E-state index contributed by atoms with van der Waals surface area (Å²) in [5, 5.41) is 9.12. The van der Waals surface area contributed by atoms with Gasteiger partial charge in [0.1, 0.15) is 11.4 Å². The summed E-state index contributed by atoms with van der Waals surface area (Å²) in [6.07, 6.45) is -3.66. The second-order valence-corrected chi connectivity index (χ2v) is 6.08. The van der Waals surface area contributed by atoms with Crippen LogP contribution in [0.2, 0.25) is 5.02 Å². The summed E-state index contributed by atoms with van der Waals surface area (Å²) in [4.78, 5) is 7.74. The molecule has 0 saturated carbocycles. The van der Waals surface area contributed by atoms with Crippen molar-refractivity contribution in [2.24, 2.45) is 0 Å². The van der Waals surface area contributed by atoms with Gasteiger partial charge in [0.25, 0.3) is 0 Å². The maximum Gasteiger partial charge on any atom is 0.417 e. The summed E-state index contributed by atoms with van der Waals surface area (Å²) in [6.45, 7) is 6.05. The number of aromatic nitrogens is 1. The molecule has 0 amide bonds. The van der Waals surface area contributed by atoms with Crippen molar-refractivity contribution in [3.63, 3.8) is 0 Å². The van der Waals surface area contributed by atoms with Gasteiger partial charge in [0, 0.05) is 32.4 Å². The van der Waals surface area contributed by atoms with Gasteiger partial charge in [-0.25, -0.2) is 4.98 Å². The van der Waals surface area contributed by atoms with E-state index in [0.717, 1.165) is 12.3 Å². The Morgan fingerprint density at radius 2 is 1.82 bits per heavy atom. The summed E-state index contributed by atoms with van der Waals surface area (Å²) >= 11 is 5.95. The summed E-state index contributed by atoms with van der Waals surface area (Å²) in [5.74, 6) is 0.351. The van der Waals surface area contributed by atoms with E-state index in [-0.39, 0.29) is 5.02 Å². The first-order valence-corrected chi connectivity index (χ1v) is 7.17. The lowest BCUT2D eigenvalue weighted by Crippen LogP contribution is -2.54. The van der Waals surface area contributed by atoms with Gasteiger partial charge in [-0.2, -0.15) is 18.4 Å². The highest BCUT2D eigenvalue weighted by Crippen LogP contribution is 2.34. The maximum atomic E-state index is 12.6. The zero-order chi connectivity index (χ0) is 16.5. The number of nitrogens with zero attached hydrogens (tertiary/aromatic N) is 4. The molecule has 1 fully saturated rings. The predicted molar refractivity (Wildman–Crippen MR) is 77.7 cm³/mol. The number of hydrogen-bond acceptors (Lipinski definition) is 4. The van der Waals surface area contributed by atoms with E-state index in [1.807, 2.05) is 23.6 Å². The first-order valence-electron chi connectivity index (χ1n) is 6.79. The third-order valence-corrected chi connectivity index (χ3v) is 4.07. The Hall–Kier alpha value is -1.52. The quantitative estimate of drug-likeness (QED) is 0.834. The molecule has 1 aromatic heterocycles. The van der Waals surface area contributed by atoms with Crippen LogP contribution in [0.3, 0.4) is 0 Å². The van der Waals surface area contributed by atoms with Gasteiger partial charge in [0.05, 0.1) is 16.7 Å². The zero-order valence-corrected chi connectivity index (χ0v) is 13.0. The monoisotopic (exact) mass is 332 g/mol.